The summed E-state index contributed by atoms with van der Waals surface area (Å²) in [5.74, 6) is 1.56. The third-order valence-electron chi connectivity index (χ3n) is 1.37. The van der Waals surface area contributed by atoms with Gasteiger partial charge in [0.15, 0.2) is 11.5 Å². The van der Waals surface area contributed by atoms with Crippen molar-refractivity contribution >= 4 is 0 Å². The van der Waals surface area contributed by atoms with Crippen LogP contribution in [0.4, 0.5) is 0 Å². The maximum absolute atomic E-state index is 5.17. The minimum absolute atomic E-state index is 0.377. The van der Waals surface area contributed by atoms with Crippen LogP contribution in [0.3, 0.4) is 0 Å². The Bertz CT molecular complexity index is 220. The predicted octanol–water partition coefficient (Wildman–Crippen LogP) is 1.62. The van der Waals surface area contributed by atoms with Gasteiger partial charge in [0, 0.05) is 6.92 Å². The molecule has 0 aromatic heterocycles. The Labute approximate surface area is 59.4 Å². The Hall–Kier alpha value is -1.18. The zero-order valence-corrected chi connectivity index (χ0v) is 5.41. The number of hydrogen-bond donors (Lipinski definition) is 0. The molecular formula is C8H7O2. The van der Waals surface area contributed by atoms with Crippen molar-refractivity contribution in [2.45, 2.75) is 6.29 Å². The fourth-order valence-electron chi connectivity index (χ4n) is 0.952. The maximum Gasteiger partial charge on any atom is 0.241 e. The third kappa shape index (κ3) is 0.727. The average Bonchev–Trinajstić information content (AvgIpc) is 2.27. The van der Waals surface area contributed by atoms with Crippen molar-refractivity contribution in [1.29, 1.82) is 0 Å². The highest BCUT2D eigenvalue weighted by Gasteiger charge is 2.17. The monoisotopic (exact) mass is 135 g/mol. The van der Waals surface area contributed by atoms with E-state index in [0.717, 1.165) is 11.5 Å². The van der Waals surface area contributed by atoms with Gasteiger partial charge in [-0.2, -0.15) is 0 Å². The summed E-state index contributed by atoms with van der Waals surface area (Å²) in [7, 11) is 0. The van der Waals surface area contributed by atoms with Crippen LogP contribution in [0.5, 0.6) is 11.5 Å². The van der Waals surface area contributed by atoms with Gasteiger partial charge in [-0.05, 0) is 12.1 Å². The van der Waals surface area contributed by atoms with Gasteiger partial charge in [0.05, 0.1) is 0 Å². The van der Waals surface area contributed by atoms with Gasteiger partial charge in [0.25, 0.3) is 0 Å². The molecule has 0 fully saturated rings. The molecule has 0 spiro atoms. The molecule has 0 N–H and O–H groups in total. The van der Waals surface area contributed by atoms with Gasteiger partial charge in [-0.1, -0.05) is 12.1 Å². The maximum atomic E-state index is 5.17. The topological polar surface area (TPSA) is 18.5 Å². The van der Waals surface area contributed by atoms with Crippen LogP contribution in [-0.4, -0.2) is 6.29 Å². The van der Waals surface area contributed by atoms with Crippen molar-refractivity contribution in [1.82, 2.24) is 0 Å². The molecular weight excluding hydrogens is 128 g/mol. The van der Waals surface area contributed by atoms with Crippen molar-refractivity contribution in [3.05, 3.63) is 31.2 Å². The first-order valence-electron chi connectivity index (χ1n) is 3.12. The Morgan fingerprint density at radius 2 is 1.60 bits per heavy atom. The molecule has 1 aliphatic rings. The van der Waals surface area contributed by atoms with Crippen LogP contribution in [0.1, 0.15) is 0 Å². The molecule has 1 aliphatic heterocycles. The quantitative estimate of drug-likeness (QED) is 0.538. The zero-order valence-electron chi connectivity index (χ0n) is 5.41. The van der Waals surface area contributed by atoms with Gasteiger partial charge < -0.3 is 9.47 Å². The van der Waals surface area contributed by atoms with Crippen LogP contribution in [0.2, 0.25) is 0 Å². The second-order valence-corrected chi connectivity index (χ2v) is 2.11. The van der Waals surface area contributed by atoms with E-state index in [1.807, 2.05) is 24.3 Å². The van der Waals surface area contributed by atoms with Gasteiger partial charge in [0.1, 0.15) is 0 Å². The summed E-state index contributed by atoms with van der Waals surface area (Å²) in [4.78, 5) is 0. The molecule has 10 heavy (non-hydrogen) atoms. The van der Waals surface area contributed by atoms with E-state index < -0.39 is 0 Å². The number of hydrogen-bond acceptors (Lipinski definition) is 2. The third-order valence-corrected chi connectivity index (χ3v) is 1.37. The van der Waals surface area contributed by atoms with Crippen LogP contribution in [0.25, 0.3) is 0 Å². The van der Waals surface area contributed by atoms with Crippen molar-refractivity contribution in [3.8, 4) is 11.5 Å². The molecule has 0 unspecified atom stereocenters. The molecule has 0 saturated heterocycles. The summed E-state index contributed by atoms with van der Waals surface area (Å²) >= 11 is 0. The molecule has 1 radical (unpaired) electrons. The van der Waals surface area contributed by atoms with Gasteiger partial charge in [-0.25, -0.2) is 0 Å². The predicted molar refractivity (Wildman–Crippen MR) is 36.8 cm³/mol. The van der Waals surface area contributed by atoms with E-state index in [4.69, 9.17) is 9.47 Å². The second-order valence-electron chi connectivity index (χ2n) is 2.11. The standard InChI is InChI=1S/C8H7O2/c1-6-9-7-4-2-3-5-8(7)10-6/h2-6H,1H2. The average molecular weight is 135 g/mol. The first-order chi connectivity index (χ1) is 4.86. The summed E-state index contributed by atoms with van der Waals surface area (Å²) in [5.41, 5.74) is 0. The fraction of sp³-hybridized carbons (Fsp3) is 0.125. The number of fused-ring (bicyclic) bond motifs is 1. The molecule has 1 heterocycles. The normalized spacial score (nSPS) is 15.7. The van der Waals surface area contributed by atoms with Gasteiger partial charge in [-0.15, -0.1) is 0 Å². The molecule has 51 valence electrons. The largest absolute Gasteiger partial charge is 0.451 e. The number of benzene rings is 1. The minimum atomic E-state index is -0.377. The smallest absolute Gasteiger partial charge is 0.241 e. The SMILES string of the molecule is [CH2]C1Oc2ccccc2O1. The first kappa shape index (κ1) is 5.59. The number of para-hydroxylation sites is 2. The lowest BCUT2D eigenvalue weighted by Crippen LogP contribution is -2.11. The van der Waals surface area contributed by atoms with Crippen LogP contribution in [0, 0.1) is 6.92 Å². The Kier molecular flexibility index (Phi) is 1.07. The summed E-state index contributed by atoms with van der Waals surface area (Å²) in [6, 6.07) is 7.53. The van der Waals surface area contributed by atoms with Crippen molar-refractivity contribution < 1.29 is 9.47 Å². The molecule has 0 amide bonds. The molecule has 1 aromatic rings. The molecule has 1 aromatic carbocycles. The number of rotatable bonds is 0. The van der Waals surface area contributed by atoms with Crippen LogP contribution in [0.15, 0.2) is 24.3 Å². The van der Waals surface area contributed by atoms with E-state index in [9.17, 15) is 0 Å². The first-order valence-corrected chi connectivity index (χ1v) is 3.12. The molecule has 2 heteroatoms. The lowest BCUT2D eigenvalue weighted by Gasteiger charge is -1.99. The molecule has 0 bridgehead atoms. The molecule has 0 saturated carbocycles. The molecule has 2 rings (SSSR count). The van der Waals surface area contributed by atoms with Crippen molar-refractivity contribution in [3.63, 3.8) is 0 Å². The summed E-state index contributed by atoms with van der Waals surface area (Å²) in [5, 5.41) is 0. The van der Waals surface area contributed by atoms with Gasteiger partial charge >= 0.3 is 0 Å². The van der Waals surface area contributed by atoms with E-state index in [1.165, 1.54) is 0 Å². The summed E-state index contributed by atoms with van der Waals surface area (Å²) in [6.45, 7) is 3.61. The molecule has 0 aliphatic carbocycles. The van der Waals surface area contributed by atoms with Crippen LogP contribution >= 0.6 is 0 Å². The summed E-state index contributed by atoms with van der Waals surface area (Å²) in [6.07, 6.45) is -0.377. The fourth-order valence-corrected chi connectivity index (χ4v) is 0.952. The molecule has 0 atom stereocenters. The van der Waals surface area contributed by atoms with E-state index in [0.29, 0.717) is 0 Å². The lowest BCUT2D eigenvalue weighted by molar-refractivity contribution is 0.0925. The second kappa shape index (κ2) is 1.90. The molecule has 2 nitrogen and oxygen atoms in total. The zero-order chi connectivity index (χ0) is 6.97. The highest BCUT2D eigenvalue weighted by Crippen LogP contribution is 2.33. The Morgan fingerprint density at radius 3 is 2.10 bits per heavy atom. The van der Waals surface area contributed by atoms with E-state index in [1.54, 1.807) is 0 Å². The summed E-state index contributed by atoms with van der Waals surface area (Å²) < 4.78 is 10.3. The van der Waals surface area contributed by atoms with Gasteiger partial charge in [-0.3, -0.25) is 0 Å². The van der Waals surface area contributed by atoms with E-state index >= 15 is 0 Å². The van der Waals surface area contributed by atoms with E-state index in [2.05, 4.69) is 6.92 Å². The van der Waals surface area contributed by atoms with Crippen LogP contribution < -0.4 is 9.47 Å². The van der Waals surface area contributed by atoms with Gasteiger partial charge in [0.2, 0.25) is 6.29 Å². The lowest BCUT2D eigenvalue weighted by atomic mass is 10.3. The van der Waals surface area contributed by atoms with Crippen molar-refractivity contribution in [2.75, 3.05) is 0 Å². The van der Waals surface area contributed by atoms with Crippen LogP contribution in [-0.2, 0) is 0 Å². The minimum Gasteiger partial charge on any atom is -0.451 e. The highest BCUT2D eigenvalue weighted by atomic mass is 16.7. The highest BCUT2D eigenvalue weighted by molar-refractivity contribution is 5.41. The Balaban J connectivity index is 2.42. The van der Waals surface area contributed by atoms with Crippen molar-refractivity contribution in [2.24, 2.45) is 0 Å². The number of ether oxygens (including phenoxy) is 2. The van der Waals surface area contributed by atoms with E-state index in [-0.39, 0.29) is 6.29 Å². The Morgan fingerprint density at radius 1 is 1.10 bits per heavy atom.